The van der Waals surface area contributed by atoms with E-state index in [9.17, 15) is 14.9 Å². The van der Waals surface area contributed by atoms with Crippen molar-refractivity contribution < 1.29 is 14.5 Å². The number of hydrogen-bond donors (Lipinski definition) is 1. The largest absolute Gasteiger partial charge is 0.390 e. The maximum Gasteiger partial charge on any atom is 0.390 e. The lowest BCUT2D eigenvalue weighted by molar-refractivity contribution is -0.389. The molecule has 21 heavy (non-hydrogen) atoms. The Labute approximate surface area is 122 Å². The number of aromatic nitrogens is 2. The van der Waals surface area contributed by atoms with Crippen LogP contribution in [0, 0.1) is 23.0 Å². The van der Waals surface area contributed by atoms with E-state index in [0.717, 1.165) is 0 Å². The van der Waals surface area contributed by atoms with Crippen molar-refractivity contribution in [1.82, 2.24) is 20.2 Å². The van der Waals surface area contributed by atoms with Crippen LogP contribution in [0.15, 0.2) is 6.07 Å². The Morgan fingerprint density at radius 1 is 1.57 bits per heavy atom. The first-order chi connectivity index (χ1) is 9.97. The zero-order chi connectivity index (χ0) is 15.4. The summed E-state index contributed by atoms with van der Waals surface area (Å²) in [5.41, 5.74) is 3.49. The standard InChI is InChI=1S/C12H19N5O4/c1-9(12(18)14-15-3-5-21-6-4-15)8-16-10(2)7-11(13-16)17(19)20/h7,9H,3-6,8H2,1-2H3,(H,14,18). The zero-order valence-electron chi connectivity index (χ0n) is 12.1. The normalized spacial score (nSPS) is 17.4. The molecule has 2 rings (SSSR count). The number of carbonyl (C=O) groups is 1. The summed E-state index contributed by atoms with van der Waals surface area (Å²) in [4.78, 5) is 22.2. The van der Waals surface area contributed by atoms with Crippen LogP contribution in [-0.2, 0) is 16.1 Å². The summed E-state index contributed by atoms with van der Waals surface area (Å²) in [6, 6.07) is 1.40. The maximum atomic E-state index is 12.1. The monoisotopic (exact) mass is 297 g/mol. The quantitative estimate of drug-likeness (QED) is 0.611. The summed E-state index contributed by atoms with van der Waals surface area (Å²) >= 11 is 0. The van der Waals surface area contributed by atoms with Gasteiger partial charge in [0.05, 0.1) is 42.5 Å². The van der Waals surface area contributed by atoms with E-state index in [2.05, 4.69) is 10.5 Å². The van der Waals surface area contributed by atoms with Crippen LogP contribution in [0.25, 0.3) is 0 Å². The van der Waals surface area contributed by atoms with Crippen molar-refractivity contribution >= 4 is 11.7 Å². The second kappa shape index (κ2) is 6.64. The van der Waals surface area contributed by atoms with Crippen molar-refractivity contribution in [1.29, 1.82) is 0 Å². The number of ether oxygens (including phenoxy) is 1. The van der Waals surface area contributed by atoms with Gasteiger partial charge in [0.2, 0.25) is 5.91 Å². The van der Waals surface area contributed by atoms with Crippen molar-refractivity contribution in [3.63, 3.8) is 0 Å². The second-order valence-corrected chi connectivity index (χ2v) is 5.06. The minimum absolute atomic E-state index is 0.130. The number of amides is 1. The third-order valence-corrected chi connectivity index (χ3v) is 3.33. The minimum atomic E-state index is -0.540. The molecule has 0 radical (unpaired) electrons. The average Bonchev–Trinajstić information content (AvgIpc) is 2.81. The van der Waals surface area contributed by atoms with E-state index >= 15 is 0 Å². The third-order valence-electron chi connectivity index (χ3n) is 3.33. The maximum absolute atomic E-state index is 12.1. The first-order valence-electron chi connectivity index (χ1n) is 6.79. The van der Waals surface area contributed by atoms with Crippen LogP contribution in [0.5, 0.6) is 0 Å². The Morgan fingerprint density at radius 2 is 2.24 bits per heavy atom. The molecule has 1 unspecified atom stereocenters. The number of nitrogens with one attached hydrogen (secondary N) is 1. The molecule has 1 atom stereocenters. The van der Waals surface area contributed by atoms with Crippen LogP contribution in [0.2, 0.25) is 0 Å². The summed E-state index contributed by atoms with van der Waals surface area (Å²) in [5, 5.41) is 16.4. The lowest BCUT2D eigenvalue weighted by Crippen LogP contribution is -2.50. The van der Waals surface area contributed by atoms with Gasteiger partial charge in [0.1, 0.15) is 0 Å². The molecule has 1 N–H and O–H groups in total. The van der Waals surface area contributed by atoms with Crippen molar-refractivity contribution in [3.8, 4) is 0 Å². The first-order valence-corrected chi connectivity index (χ1v) is 6.79. The fourth-order valence-corrected chi connectivity index (χ4v) is 2.05. The van der Waals surface area contributed by atoms with Crippen LogP contribution in [-0.4, -0.2) is 51.9 Å². The highest BCUT2D eigenvalue weighted by molar-refractivity contribution is 5.77. The summed E-state index contributed by atoms with van der Waals surface area (Å²) in [6.45, 7) is 6.30. The van der Waals surface area contributed by atoms with Gasteiger partial charge in [-0.3, -0.25) is 10.2 Å². The Kier molecular flexibility index (Phi) is 4.86. The number of morpholine rings is 1. The van der Waals surface area contributed by atoms with Gasteiger partial charge < -0.3 is 14.9 Å². The van der Waals surface area contributed by atoms with E-state index < -0.39 is 4.92 Å². The molecule has 1 aromatic heterocycles. The fourth-order valence-electron chi connectivity index (χ4n) is 2.05. The van der Waals surface area contributed by atoms with Crippen molar-refractivity contribution in [2.45, 2.75) is 20.4 Å². The smallest absolute Gasteiger partial charge is 0.379 e. The number of hydrazine groups is 1. The van der Waals surface area contributed by atoms with Crippen LogP contribution in [0.1, 0.15) is 12.6 Å². The highest BCUT2D eigenvalue weighted by Crippen LogP contribution is 2.13. The molecule has 0 aromatic carbocycles. The molecular weight excluding hydrogens is 278 g/mol. The molecule has 1 saturated heterocycles. The molecule has 0 aliphatic carbocycles. The first kappa shape index (κ1) is 15.4. The van der Waals surface area contributed by atoms with Gasteiger partial charge >= 0.3 is 5.82 Å². The summed E-state index contributed by atoms with van der Waals surface area (Å²) < 4.78 is 6.70. The van der Waals surface area contributed by atoms with Gasteiger partial charge in [-0.25, -0.2) is 5.01 Å². The Hall–Kier alpha value is -2.00. The lowest BCUT2D eigenvalue weighted by Gasteiger charge is -2.28. The zero-order valence-corrected chi connectivity index (χ0v) is 12.1. The molecule has 1 aliphatic heterocycles. The van der Waals surface area contributed by atoms with E-state index in [0.29, 0.717) is 38.5 Å². The Morgan fingerprint density at radius 3 is 2.81 bits per heavy atom. The molecule has 116 valence electrons. The third kappa shape index (κ3) is 3.99. The van der Waals surface area contributed by atoms with E-state index in [1.54, 1.807) is 13.8 Å². The molecule has 1 fully saturated rings. The van der Waals surface area contributed by atoms with Gasteiger partial charge in [-0.05, 0) is 11.8 Å². The number of hydrogen-bond acceptors (Lipinski definition) is 6. The number of aryl methyl sites for hydroxylation is 1. The second-order valence-electron chi connectivity index (χ2n) is 5.06. The molecule has 1 aromatic rings. The van der Waals surface area contributed by atoms with Gasteiger partial charge in [-0.1, -0.05) is 6.92 Å². The van der Waals surface area contributed by atoms with Crippen molar-refractivity contribution in [2.75, 3.05) is 26.3 Å². The van der Waals surface area contributed by atoms with Gasteiger partial charge in [-0.15, -0.1) is 0 Å². The molecule has 9 nitrogen and oxygen atoms in total. The van der Waals surface area contributed by atoms with E-state index in [1.807, 2.05) is 5.01 Å². The number of rotatable bonds is 5. The highest BCUT2D eigenvalue weighted by Gasteiger charge is 2.22. The van der Waals surface area contributed by atoms with Gasteiger partial charge in [-0.2, -0.15) is 4.68 Å². The topological polar surface area (TPSA) is 103 Å². The van der Waals surface area contributed by atoms with Crippen molar-refractivity contribution in [3.05, 3.63) is 21.9 Å². The molecule has 0 spiro atoms. The van der Waals surface area contributed by atoms with E-state index in [-0.39, 0.29) is 17.6 Å². The van der Waals surface area contributed by atoms with E-state index in [4.69, 9.17) is 4.74 Å². The fraction of sp³-hybridized carbons (Fsp3) is 0.667. The molecule has 1 amide bonds. The highest BCUT2D eigenvalue weighted by atomic mass is 16.6. The summed E-state index contributed by atoms with van der Waals surface area (Å²) in [6.07, 6.45) is 0. The SMILES string of the molecule is Cc1cc([N+](=O)[O-])nn1CC(C)C(=O)NN1CCOCC1. The predicted octanol–water partition coefficient (Wildman–Crippen LogP) is 0.0992. The van der Waals surface area contributed by atoms with E-state index in [1.165, 1.54) is 10.7 Å². The number of nitro groups is 1. The van der Waals surface area contributed by atoms with Crippen molar-refractivity contribution in [2.24, 2.45) is 5.92 Å². The lowest BCUT2D eigenvalue weighted by atomic mass is 10.1. The summed E-state index contributed by atoms with van der Waals surface area (Å²) in [7, 11) is 0. The van der Waals surface area contributed by atoms with Gasteiger partial charge in [0.25, 0.3) is 0 Å². The van der Waals surface area contributed by atoms with Crippen LogP contribution < -0.4 is 5.43 Å². The molecule has 0 bridgehead atoms. The van der Waals surface area contributed by atoms with Gasteiger partial charge in [0.15, 0.2) is 0 Å². The summed E-state index contributed by atoms with van der Waals surface area (Å²) in [5.74, 6) is -0.672. The Bertz CT molecular complexity index is 524. The van der Waals surface area contributed by atoms with Gasteiger partial charge in [0, 0.05) is 13.1 Å². The average molecular weight is 297 g/mol. The number of nitrogens with zero attached hydrogens (tertiary/aromatic N) is 4. The molecular formula is C12H19N5O4. The minimum Gasteiger partial charge on any atom is -0.379 e. The number of carbonyl (C=O) groups excluding carboxylic acids is 1. The molecule has 2 heterocycles. The van der Waals surface area contributed by atoms with Crippen LogP contribution in [0.4, 0.5) is 5.82 Å². The molecule has 9 heteroatoms. The molecule has 1 aliphatic rings. The van der Waals surface area contributed by atoms with Crippen LogP contribution in [0.3, 0.4) is 0 Å². The predicted molar refractivity (Wildman–Crippen MR) is 73.3 cm³/mol. The molecule has 0 saturated carbocycles. The Balaban J connectivity index is 1.92. The van der Waals surface area contributed by atoms with Crippen LogP contribution >= 0.6 is 0 Å².